The Morgan fingerprint density at radius 2 is 1.88 bits per heavy atom. The third kappa shape index (κ3) is 6.05. The summed E-state index contributed by atoms with van der Waals surface area (Å²) < 4.78 is 9.80. The molecular weight excluding hydrogens is 316 g/mol. The van der Waals surface area contributed by atoms with Crippen LogP contribution in [0.4, 0.5) is 4.79 Å². The van der Waals surface area contributed by atoms with Crippen molar-refractivity contribution in [2.45, 2.75) is 18.6 Å². The molecule has 0 radical (unpaired) electrons. The van der Waals surface area contributed by atoms with Gasteiger partial charge < -0.3 is 29.9 Å². The molecule has 0 heterocycles. The maximum atomic E-state index is 12.1. The predicted molar refractivity (Wildman–Crippen MR) is 86.8 cm³/mol. The van der Waals surface area contributed by atoms with Crippen LogP contribution in [0.1, 0.15) is 5.56 Å². The molecule has 0 aromatic heterocycles. The zero-order valence-corrected chi connectivity index (χ0v) is 14.1. The number of rotatable bonds is 8. The lowest BCUT2D eigenvalue weighted by molar-refractivity contribution is -0.142. The minimum absolute atomic E-state index is 0.0568. The number of esters is 1. The molecule has 0 spiro atoms. The Morgan fingerprint density at radius 3 is 2.38 bits per heavy atom. The number of aliphatic hydroxyl groups is 2. The van der Waals surface area contributed by atoms with Crippen LogP contribution in [0.3, 0.4) is 0 Å². The van der Waals surface area contributed by atoms with Crippen LogP contribution in [-0.2, 0) is 16.0 Å². The number of carbonyl (C=O) groups excluding carboxylic acids is 2. The Hall–Kier alpha value is -2.32. The molecular formula is C16H24N2O6. The van der Waals surface area contributed by atoms with Crippen LogP contribution >= 0.6 is 0 Å². The number of carbonyl (C=O) groups is 2. The summed E-state index contributed by atoms with van der Waals surface area (Å²) in [5, 5.41) is 20.8. The number of aliphatic hydroxyl groups excluding tert-OH is 2. The molecule has 134 valence electrons. The Balaban J connectivity index is 2.74. The summed E-state index contributed by atoms with van der Waals surface area (Å²) in [6, 6.07) is 5.68. The van der Waals surface area contributed by atoms with E-state index in [0.29, 0.717) is 5.75 Å². The summed E-state index contributed by atoms with van der Waals surface area (Å²) >= 11 is 0. The van der Waals surface area contributed by atoms with Crippen molar-refractivity contribution in [2.24, 2.45) is 0 Å². The van der Waals surface area contributed by atoms with Crippen molar-refractivity contribution in [3.8, 4) is 5.75 Å². The molecule has 0 aliphatic carbocycles. The van der Waals surface area contributed by atoms with Crippen LogP contribution in [-0.4, -0.2) is 73.7 Å². The highest BCUT2D eigenvalue weighted by Crippen LogP contribution is 2.13. The average molecular weight is 340 g/mol. The topological polar surface area (TPSA) is 108 Å². The fourth-order valence-corrected chi connectivity index (χ4v) is 2.05. The molecule has 0 fully saturated rings. The van der Waals surface area contributed by atoms with Gasteiger partial charge in [0.25, 0.3) is 0 Å². The summed E-state index contributed by atoms with van der Waals surface area (Å²) in [7, 11) is 4.26. The second-order valence-electron chi connectivity index (χ2n) is 5.29. The average Bonchev–Trinajstić information content (AvgIpc) is 2.60. The number of urea groups is 1. The van der Waals surface area contributed by atoms with Gasteiger partial charge in [-0.3, -0.25) is 0 Å². The highest BCUT2D eigenvalue weighted by Gasteiger charge is 2.24. The van der Waals surface area contributed by atoms with Gasteiger partial charge in [0.2, 0.25) is 0 Å². The summed E-state index contributed by atoms with van der Waals surface area (Å²) in [5.74, 6) is 0.116. The van der Waals surface area contributed by atoms with Gasteiger partial charge in [0.1, 0.15) is 11.8 Å². The molecule has 24 heavy (non-hydrogen) atoms. The highest BCUT2D eigenvalue weighted by molar-refractivity contribution is 5.83. The first kappa shape index (κ1) is 19.7. The van der Waals surface area contributed by atoms with Crippen LogP contribution < -0.4 is 10.1 Å². The van der Waals surface area contributed by atoms with Crippen molar-refractivity contribution in [1.82, 2.24) is 10.2 Å². The van der Waals surface area contributed by atoms with Gasteiger partial charge in [0.15, 0.2) is 0 Å². The molecule has 0 aliphatic rings. The third-order valence-corrected chi connectivity index (χ3v) is 3.42. The molecule has 0 aliphatic heterocycles. The SMILES string of the molecule is COC(=O)[C@H](Cc1ccc(OC)cc1)NC(=O)N(C)CC(O)CO. The summed E-state index contributed by atoms with van der Waals surface area (Å²) in [6.45, 7) is -0.511. The summed E-state index contributed by atoms with van der Waals surface area (Å²) in [5.41, 5.74) is 0.824. The van der Waals surface area contributed by atoms with Gasteiger partial charge in [-0.05, 0) is 17.7 Å². The van der Waals surface area contributed by atoms with Crippen LogP contribution in [0, 0.1) is 0 Å². The molecule has 0 saturated carbocycles. The van der Waals surface area contributed by atoms with E-state index in [4.69, 9.17) is 14.6 Å². The van der Waals surface area contributed by atoms with E-state index in [-0.39, 0.29) is 13.0 Å². The van der Waals surface area contributed by atoms with E-state index in [2.05, 4.69) is 5.32 Å². The van der Waals surface area contributed by atoms with Gasteiger partial charge in [-0.1, -0.05) is 12.1 Å². The van der Waals surface area contributed by atoms with Crippen LogP contribution in [0.5, 0.6) is 5.75 Å². The molecule has 1 aromatic carbocycles. The van der Waals surface area contributed by atoms with Crippen molar-refractivity contribution >= 4 is 12.0 Å². The molecule has 1 rings (SSSR count). The smallest absolute Gasteiger partial charge is 0.328 e. The zero-order chi connectivity index (χ0) is 18.1. The summed E-state index contributed by atoms with van der Waals surface area (Å²) in [6.07, 6.45) is -0.794. The van der Waals surface area contributed by atoms with Crippen LogP contribution in [0.2, 0.25) is 0 Å². The number of nitrogens with zero attached hydrogens (tertiary/aromatic N) is 1. The maximum absolute atomic E-state index is 12.1. The first-order valence-electron chi connectivity index (χ1n) is 7.42. The number of likely N-dealkylation sites (N-methyl/N-ethyl adjacent to an activating group) is 1. The summed E-state index contributed by atoms with van der Waals surface area (Å²) in [4.78, 5) is 25.2. The molecule has 8 nitrogen and oxygen atoms in total. The molecule has 2 atom stereocenters. The lowest BCUT2D eigenvalue weighted by atomic mass is 10.1. The largest absolute Gasteiger partial charge is 0.497 e. The number of methoxy groups -OCH3 is 2. The quantitative estimate of drug-likeness (QED) is 0.564. The number of hydrogen-bond acceptors (Lipinski definition) is 6. The van der Waals surface area contributed by atoms with Crippen molar-refractivity contribution in [3.63, 3.8) is 0 Å². The lowest BCUT2D eigenvalue weighted by Gasteiger charge is -2.23. The van der Waals surface area contributed by atoms with E-state index in [1.54, 1.807) is 31.4 Å². The predicted octanol–water partition coefficient (Wildman–Crippen LogP) is -0.226. The van der Waals surface area contributed by atoms with Crippen molar-refractivity contribution in [3.05, 3.63) is 29.8 Å². The molecule has 0 bridgehead atoms. The normalized spacial score (nSPS) is 12.9. The Kier molecular flexibility index (Phi) is 8.00. The number of nitrogens with one attached hydrogen (secondary N) is 1. The van der Waals surface area contributed by atoms with Gasteiger partial charge in [0.05, 0.1) is 33.5 Å². The Labute approximate surface area is 141 Å². The molecule has 1 aromatic rings. The molecule has 2 amide bonds. The fraction of sp³-hybridized carbons (Fsp3) is 0.500. The van der Waals surface area contributed by atoms with E-state index in [1.807, 2.05) is 0 Å². The first-order chi connectivity index (χ1) is 11.4. The maximum Gasteiger partial charge on any atom is 0.328 e. The van der Waals surface area contributed by atoms with Crippen molar-refractivity contribution < 1.29 is 29.3 Å². The second kappa shape index (κ2) is 9.74. The van der Waals surface area contributed by atoms with Gasteiger partial charge in [-0.2, -0.15) is 0 Å². The monoisotopic (exact) mass is 340 g/mol. The minimum atomic E-state index is -1.04. The fourth-order valence-electron chi connectivity index (χ4n) is 2.05. The number of amides is 2. The first-order valence-corrected chi connectivity index (χ1v) is 7.42. The van der Waals surface area contributed by atoms with Crippen molar-refractivity contribution in [1.29, 1.82) is 0 Å². The number of ether oxygens (including phenoxy) is 2. The van der Waals surface area contributed by atoms with Crippen molar-refractivity contribution in [2.75, 3.05) is 34.4 Å². The molecule has 3 N–H and O–H groups in total. The Bertz CT molecular complexity index is 534. The van der Waals surface area contributed by atoms with Gasteiger partial charge in [-0.25, -0.2) is 9.59 Å². The van der Waals surface area contributed by atoms with E-state index in [9.17, 15) is 14.7 Å². The number of hydrogen-bond donors (Lipinski definition) is 3. The molecule has 1 unspecified atom stereocenters. The standard InChI is InChI=1S/C16H24N2O6/c1-18(9-12(20)10-19)16(22)17-14(15(21)24-3)8-11-4-6-13(23-2)7-5-11/h4-7,12,14,19-20H,8-10H2,1-3H3,(H,17,22)/t12?,14-/m0/s1. The molecule has 8 heteroatoms. The van der Waals surface area contributed by atoms with Gasteiger partial charge >= 0.3 is 12.0 Å². The Morgan fingerprint density at radius 1 is 1.25 bits per heavy atom. The minimum Gasteiger partial charge on any atom is -0.497 e. The molecule has 0 saturated heterocycles. The van der Waals surface area contributed by atoms with Crippen LogP contribution in [0.15, 0.2) is 24.3 Å². The van der Waals surface area contributed by atoms with E-state index >= 15 is 0 Å². The second-order valence-corrected chi connectivity index (χ2v) is 5.29. The highest BCUT2D eigenvalue weighted by atomic mass is 16.5. The van der Waals surface area contributed by atoms with Crippen LogP contribution in [0.25, 0.3) is 0 Å². The zero-order valence-electron chi connectivity index (χ0n) is 14.1. The van der Waals surface area contributed by atoms with E-state index < -0.39 is 30.8 Å². The number of benzene rings is 1. The van der Waals surface area contributed by atoms with E-state index in [1.165, 1.54) is 19.1 Å². The van der Waals surface area contributed by atoms with Gasteiger partial charge in [0, 0.05) is 13.5 Å². The van der Waals surface area contributed by atoms with E-state index in [0.717, 1.165) is 5.56 Å². The van der Waals surface area contributed by atoms with Gasteiger partial charge in [-0.15, -0.1) is 0 Å². The third-order valence-electron chi connectivity index (χ3n) is 3.42. The lowest BCUT2D eigenvalue weighted by Crippen LogP contribution is -2.49.